The van der Waals surface area contributed by atoms with Crippen molar-refractivity contribution < 1.29 is 23.8 Å². The molecule has 1 atom stereocenters. The summed E-state index contributed by atoms with van der Waals surface area (Å²) in [7, 11) is 3.09. The summed E-state index contributed by atoms with van der Waals surface area (Å²) in [6, 6.07) is 3.51. The number of ether oxygens (including phenoxy) is 3. The standard InChI is InChI=1S/C17H22O5/c1-17(2,3)22-16(19)15-11(18)7-6-10-12(20-4)8-9-13(21-5)14(10)15/h8-9,15H,6-7H2,1-5H3/t15-/m1/s1. The molecule has 0 spiro atoms. The SMILES string of the molecule is COc1ccc(OC)c2c1CCC(=O)[C@H]2C(=O)OC(C)(C)C. The molecule has 1 aliphatic carbocycles. The van der Waals surface area contributed by atoms with Gasteiger partial charge >= 0.3 is 5.97 Å². The molecule has 2 rings (SSSR count). The third-order valence-electron chi connectivity index (χ3n) is 3.59. The van der Waals surface area contributed by atoms with Crippen molar-refractivity contribution in [1.29, 1.82) is 0 Å². The molecule has 0 N–H and O–H groups in total. The Bertz CT molecular complexity index is 598. The van der Waals surface area contributed by atoms with Gasteiger partial charge in [0.15, 0.2) is 5.78 Å². The number of rotatable bonds is 3. The van der Waals surface area contributed by atoms with Gasteiger partial charge in [-0.3, -0.25) is 9.59 Å². The summed E-state index contributed by atoms with van der Waals surface area (Å²) in [5.41, 5.74) is 0.769. The molecule has 0 saturated heterocycles. The summed E-state index contributed by atoms with van der Waals surface area (Å²) >= 11 is 0. The van der Waals surface area contributed by atoms with Gasteiger partial charge in [-0.15, -0.1) is 0 Å². The fraction of sp³-hybridized carbons (Fsp3) is 0.529. The second-order valence-corrected chi connectivity index (χ2v) is 6.30. The lowest BCUT2D eigenvalue weighted by atomic mass is 9.80. The topological polar surface area (TPSA) is 61.8 Å². The van der Waals surface area contributed by atoms with Gasteiger partial charge in [-0.2, -0.15) is 0 Å². The number of fused-ring (bicyclic) bond motifs is 1. The molecular formula is C17H22O5. The van der Waals surface area contributed by atoms with E-state index in [1.165, 1.54) is 7.11 Å². The molecule has 0 heterocycles. The molecular weight excluding hydrogens is 284 g/mol. The predicted molar refractivity (Wildman–Crippen MR) is 81.5 cm³/mol. The largest absolute Gasteiger partial charge is 0.496 e. The number of carbonyl (C=O) groups excluding carboxylic acids is 2. The molecule has 0 fully saturated rings. The van der Waals surface area contributed by atoms with Crippen LogP contribution >= 0.6 is 0 Å². The van der Waals surface area contributed by atoms with Gasteiger partial charge in [0, 0.05) is 17.5 Å². The van der Waals surface area contributed by atoms with Crippen molar-refractivity contribution in [2.45, 2.75) is 45.1 Å². The van der Waals surface area contributed by atoms with Crippen molar-refractivity contribution >= 4 is 11.8 Å². The van der Waals surface area contributed by atoms with Gasteiger partial charge in [0.05, 0.1) is 14.2 Å². The van der Waals surface area contributed by atoms with E-state index in [9.17, 15) is 9.59 Å². The molecule has 0 unspecified atom stereocenters. The molecule has 0 amide bonds. The summed E-state index contributed by atoms with van der Waals surface area (Å²) in [5.74, 6) is -0.456. The molecule has 5 heteroatoms. The molecule has 120 valence electrons. The van der Waals surface area contributed by atoms with Crippen LogP contribution in [-0.2, 0) is 20.7 Å². The Labute approximate surface area is 130 Å². The van der Waals surface area contributed by atoms with Crippen LogP contribution in [-0.4, -0.2) is 31.6 Å². The minimum atomic E-state index is -0.951. The lowest BCUT2D eigenvalue weighted by molar-refractivity contribution is -0.158. The van der Waals surface area contributed by atoms with Gasteiger partial charge in [0.1, 0.15) is 23.0 Å². The third kappa shape index (κ3) is 3.08. The fourth-order valence-electron chi connectivity index (χ4n) is 2.73. The molecule has 22 heavy (non-hydrogen) atoms. The third-order valence-corrected chi connectivity index (χ3v) is 3.59. The van der Waals surface area contributed by atoms with Crippen molar-refractivity contribution in [2.75, 3.05) is 14.2 Å². The molecule has 0 bridgehead atoms. The van der Waals surface area contributed by atoms with E-state index in [-0.39, 0.29) is 5.78 Å². The van der Waals surface area contributed by atoms with E-state index >= 15 is 0 Å². The molecule has 1 aromatic carbocycles. The fourth-order valence-corrected chi connectivity index (χ4v) is 2.73. The van der Waals surface area contributed by atoms with Crippen LogP contribution < -0.4 is 9.47 Å². The molecule has 0 aromatic heterocycles. The van der Waals surface area contributed by atoms with Crippen molar-refractivity contribution in [1.82, 2.24) is 0 Å². The van der Waals surface area contributed by atoms with Crippen LogP contribution in [0.1, 0.15) is 44.2 Å². The van der Waals surface area contributed by atoms with Gasteiger partial charge in [-0.05, 0) is 39.3 Å². The minimum absolute atomic E-state index is 0.145. The molecule has 0 aliphatic heterocycles. The van der Waals surface area contributed by atoms with E-state index in [0.29, 0.717) is 29.9 Å². The van der Waals surface area contributed by atoms with E-state index in [0.717, 1.165) is 5.56 Å². The molecule has 1 aromatic rings. The average molecular weight is 306 g/mol. The van der Waals surface area contributed by atoms with Gasteiger partial charge < -0.3 is 14.2 Å². The van der Waals surface area contributed by atoms with Crippen molar-refractivity contribution in [3.8, 4) is 11.5 Å². The zero-order chi connectivity index (χ0) is 16.5. The monoisotopic (exact) mass is 306 g/mol. The molecule has 0 radical (unpaired) electrons. The lowest BCUT2D eigenvalue weighted by Gasteiger charge is -2.29. The van der Waals surface area contributed by atoms with E-state index in [4.69, 9.17) is 14.2 Å². The second-order valence-electron chi connectivity index (χ2n) is 6.30. The van der Waals surface area contributed by atoms with Crippen LogP contribution in [0.15, 0.2) is 12.1 Å². The van der Waals surface area contributed by atoms with E-state index < -0.39 is 17.5 Å². The van der Waals surface area contributed by atoms with Crippen molar-refractivity contribution in [3.63, 3.8) is 0 Å². The summed E-state index contributed by atoms with van der Waals surface area (Å²) < 4.78 is 16.1. The maximum Gasteiger partial charge on any atom is 0.321 e. The van der Waals surface area contributed by atoms with E-state index in [1.54, 1.807) is 40.0 Å². The zero-order valence-electron chi connectivity index (χ0n) is 13.7. The Morgan fingerprint density at radius 1 is 1.09 bits per heavy atom. The number of methoxy groups -OCH3 is 2. The van der Waals surface area contributed by atoms with Gasteiger partial charge in [0.2, 0.25) is 0 Å². The van der Waals surface area contributed by atoms with E-state index in [1.807, 2.05) is 0 Å². The van der Waals surface area contributed by atoms with Crippen LogP contribution in [0.4, 0.5) is 0 Å². The highest BCUT2D eigenvalue weighted by molar-refractivity contribution is 6.06. The number of Topliss-reactive ketones (excluding diaryl/α,β-unsaturated/α-hetero) is 1. The summed E-state index contributed by atoms with van der Waals surface area (Å²) in [5, 5.41) is 0. The number of hydrogen-bond donors (Lipinski definition) is 0. The molecule has 1 aliphatic rings. The number of esters is 1. The first-order valence-corrected chi connectivity index (χ1v) is 7.28. The van der Waals surface area contributed by atoms with Crippen LogP contribution in [0.2, 0.25) is 0 Å². The van der Waals surface area contributed by atoms with Crippen molar-refractivity contribution in [3.05, 3.63) is 23.3 Å². The highest BCUT2D eigenvalue weighted by Gasteiger charge is 2.40. The number of carbonyl (C=O) groups is 2. The maximum atomic E-state index is 12.5. The number of hydrogen-bond acceptors (Lipinski definition) is 5. The van der Waals surface area contributed by atoms with Crippen LogP contribution in [0, 0.1) is 0 Å². The first-order valence-electron chi connectivity index (χ1n) is 7.28. The Balaban J connectivity index is 2.54. The first-order chi connectivity index (χ1) is 10.3. The van der Waals surface area contributed by atoms with Crippen molar-refractivity contribution in [2.24, 2.45) is 0 Å². The molecule has 0 saturated carbocycles. The highest BCUT2D eigenvalue weighted by atomic mass is 16.6. The number of ketones is 1. The normalized spacial score (nSPS) is 17.7. The van der Waals surface area contributed by atoms with Gasteiger partial charge in [0.25, 0.3) is 0 Å². The van der Waals surface area contributed by atoms with E-state index in [2.05, 4.69) is 0 Å². The average Bonchev–Trinajstić information content (AvgIpc) is 2.43. The second kappa shape index (κ2) is 5.99. The summed E-state index contributed by atoms with van der Waals surface area (Å²) in [6.07, 6.45) is 0.828. The maximum absolute atomic E-state index is 12.5. The Morgan fingerprint density at radius 2 is 1.68 bits per heavy atom. The smallest absolute Gasteiger partial charge is 0.321 e. The predicted octanol–water partition coefficient (Wildman–Crippen LogP) is 2.64. The Hall–Kier alpha value is -2.04. The minimum Gasteiger partial charge on any atom is -0.496 e. The number of benzene rings is 1. The van der Waals surface area contributed by atoms with Crippen LogP contribution in [0.3, 0.4) is 0 Å². The first kappa shape index (κ1) is 16.3. The Morgan fingerprint density at radius 3 is 2.23 bits per heavy atom. The summed E-state index contributed by atoms with van der Waals surface area (Å²) in [4.78, 5) is 24.9. The zero-order valence-corrected chi connectivity index (χ0v) is 13.7. The quantitative estimate of drug-likeness (QED) is 0.634. The highest BCUT2D eigenvalue weighted by Crippen LogP contribution is 2.41. The van der Waals surface area contributed by atoms with Gasteiger partial charge in [-0.25, -0.2) is 0 Å². The van der Waals surface area contributed by atoms with Crippen LogP contribution in [0.5, 0.6) is 11.5 Å². The van der Waals surface area contributed by atoms with Gasteiger partial charge in [-0.1, -0.05) is 0 Å². The molecule has 5 nitrogen and oxygen atoms in total. The van der Waals surface area contributed by atoms with Crippen LogP contribution in [0.25, 0.3) is 0 Å². The summed E-state index contributed by atoms with van der Waals surface area (Å²) in [6.45, 7) is 5.34. The Kier molecular flexibility index (Phi) is 4.44. The lowest BCUT2D eigenvalue weighted by Crippen LogP contribution is -2.34.